The summed E-state index contributed by atoms with van der Waals surface area (Å²) in [7, 11) is 1.17. The Kier molecular flexibility index (Phi) is 3.51. The summed E-state index contributed by atoms with van der Waals surface area (Å²) in [6, 6.07) is -1.43. The maximum Gasteiger partial charge on any atom is 0.471 e. The topological polar surface area (TPSA) is 81.0 Å². The zero-order valence-corrected chi connectivity index (χ0v) is 8.35. The highest BCUT2D eigenvalue weighted by atomic mass is 19.4. The van der Waals surface area contributed by atoms with E-state index in [1.807, 2.05) is 0 Å². The molecule has 0 aliphatic carbocycles. The average molecular weight is 241 g/mol. The van der Waals surface area contributed by atoms with Crippen molar-refractivity contribution in [2.45, 2.75) is 30.4 Å². The van der Waals surface area contributed by atoms with Crippen molar-refractivity contribution in [3.05, 3.63) is 0 Å². The van der Waals surface area contributed by atoms with Crippen LogP contribution in [-0.4, -0.2) is 70.9 Å². The summed E-state index contributed by atoms with van der Waals surface area (Å²) in [5, 5.41) is 27.5. The third-order valence-corrected chi connectivity index (χ3v) is 2.70. The lowest BCUT2D eigenvalue weighted by atomic mass is 9.91. The normalized spacial score (nSPS) is 35.5. The predicted octanol–water partition coefficient (Wildman–Crippen LogP) is -2.57. The smallest absolute Gasteiger partial charge is 0.394 e. The van der Waals surface area contributed by atoms with Gasteiger partial charge in [0, 0.05) is 5.94 Å². The zero-order chi connectivity index (χ0) is 12.7. The minimum atomic E-state index is -5.09. The fourth-order valence-corrected chi connectivity index (χ4v) is 1.82. The van der Waals surface area contributed by atoms with Gasteiger partial charge in [0.05, 0.1) is 18.8 Å². The maximum atomic E-state index is 12.2. The molecule has 0 spiro atoms. The number of carbonyl (C=O) groups is 1. The van der Waals surface area contributed by atoms with Crippen molar-refractivity contribution in [2.75, 3.05) is 6.61 Å². The van der Waals surface area contributed by atoms with E-state index < -0.39 is 42.9 Å². The van der Waals surface area contributed by atoms with Crippen LogP contribution >= 0.6 is 0 Å². The van der Waals surface area contributed by atoms with E-state index in [4.69, 9.17) is 5.11 Å². The summed E-state index contributed by atoms with van der Waals surface area (Å²) in [5.74, 6) is -3.36. The summed E-state index contributed by atoms with van der Waals surface area (Å²) in [5.41, 5.74) is 0. The van der Waals surface area contributed by atoms with E-state index in [-0.39, 0.29) is 4.90 Å². The van der Waals surface area contributed by atoms with E-state index >= 15 is 0 Å². The Balaban J connectivity index is 2.98. The molecule has 1 aliphatic rings. The Morgan fingerprint density at radius 3 is 2.19 bits per heavy atom. The van der Waals surface area contributed by atoms with E-state index in [9.17, 15) is 28.2 Å². The molecule has 1 saturated heterocycles. The lowest BCUT2D eigenvalue weighted by Crippen LogP contribution is -2.51. The van der Waals surface area contributed by atoms with Gasteiger partial charge in [0.1, 0.15) is 14.0 Å². The number of nitrogens with zero attached hydrogens (tertiary/aromatic N) is 1. The van der Waals surface area contributed by atoms with Crippen molar-refractivity contribution in [3.63, 3.8) is 0 Å². The quantitative estimate of drug-likeness (QED) is 0.441. The van der Waals surface area contributed by atoms with Crippen LogP contribution in [0.15, 0.2) is 0 Å². The summed E-state index contributed by atoms with van der Waals surface area (Å²) in [6.45, 7) is -0.843. The monoisotopic (exact) mass is 241 g/mol. The van der Waals surface area contributed by atoms with E-state index in [1.54, 1.807) is 0 Å². The maximum absolute atomic E-state index is 12.2. The second-order valence-electron chi connectivity index (χ2n) is 3.68. The van der Waals surface area contributed by atoms with E-state index in [2.05, 4.69) is 0 Å². The molecule has 5 nitrogen and oxygen atoms in total. The third-order valence-electron chi connectivity index (χ3n) is 2.70. The molecule has 0 unspecified atom stereocenters. The Morgan fingerprint density at radius 2 is 1.81 bits per heavy atom. The molecule has 9 heteroatoms. The molecular weight excluding hydrogens is 230 g/mol. The largest absolute Gasteiger partial charge is 0.471 e. The molecule has 0 aromatic rings. The molecule has 1 rings (SSSR count). The van der Waals surface area contributed by atoms with Gasteiger partial charge in [-0.05, 0) is 0 Å². The second-order valence-corrected chi connectivity index (χ2v) is 3.68. The van der Waals surface area contributed by atoms with Crippen LogP contribution in [0.5, 0.6) is 0 Å². The number of rotatable bonds is 1. The Labute approximate surface area is 89.9 Å². The number of likely N-dealkylation sites (tertiary alicyclic amines) is 1. The molecule has 0 aromatic carbocycles. The molecule has 4 atom stereocenters. The number of carbonyl (C=O) groups excluding carboxylic acids is 1. The molecular formula is C7H11BF3NO4. The van der Waals surface area contributed by atoms with Crippen molar-refractivity contribution < 1.29 is 33.3 Å². The summed E-state index contributed by atoms with van der Waals surface area (Å²) in [4.78, 5) is 11.3. The first kappa shape index (κ1) is 13.3. The zero-order valence-electron chi connectivity index (χ0n) is 8.35. The van der Waals surface area contributed by atoms with Gasteiger partial charge in [0.25, 0.3) is 0 Å². The van der Waals surface area contributed by atoms with Crippen LogP contribution in [0.2, 0.25) is 0 Å². The Morgan fingerprint density at radius 1 is 1.31 bits per heavy atom. The van der Waals surface area contributed by atoms with Gasteiger partial charge in [0.15, 0.2) is 0 Å². The first-order valence-corrected chi connectivity index (χ1v) is 4.58. The third kappa shape index (κ3) is 2.02. The van der Waals surface area contributed by atoms with Crippen LogP contribution in [0.3, 0.4) is 0 Å². The van der Waals surface area contributed by atoms with Gasteiger partial charge in [-0.15, -0.1) is 0 Å². The number of aliphatic hydroxyl groups is 3. The van der Waals surface area contributed by atoms with Crippen LogP contribution in [0.25, 0.3) is 0 Å². The molecule has 1 heterocycles. The molecule has 1 fully saturated rings. The van der Waals surface area contributed by atoms with Crippen molar-refractivity contribution in [1.82, 2.24) is 4.90 Å². The number of hydrogen-bond acceptors (Lipinski definition) is 4. The number of aliphatic hydroxyl groups excluding tert-OH is 3. The minimum Gasteiger partial charge on any atom is -0.394 e. The van der Waals surface area contributed by atoms with E-state index in [1.165, 1.54) is 7.85 Å². The second kappa shape index (κ2) is 4.23. The van der Waals surface area contributed by atoms with E-state index in [0.29, 0.717) is 0 Å². The van der Waals surface area contributed by atoms with Gasteiger partial charge >= 0.3 is 12.1 Å². The summed E-state index contributed by atoms with van der Waals surface area (Å²) < 4.78 is 36.6. The molecule has 16 heavy (non-hydrogen) atoms. The lowest BCUT2D eigenvalue weighted by molar-refractivity contribution is -0.188. The highest BCUT2D eigenvalue weighted by Crippen LogP contribution is 2.29. The highest BCUT2D eigenvalue weighted by Gasteiger charge is 2.54. The SMILES string of the molecule is B[C@H]1[C@@H](O)[C@H](O)[C@@H](CO)N1C(=O)C(F)(F)F. The van der Waals surface area contributed by atoms with Crippen molar-refractivity contribution in [3.8, 4) is 0 Å². The standard InChI is InChI=1S/C7H11BF3NO4/c8-5-4(15)3(14)2(1-13)12(5)6(16)7(9,10)11/h2-5,13-15H,1,8H2/t2-,3-,4+,5-/m1/s1. The molecule has 0 bridgehead atoms. The Hall–Kier alpha value is -0.795. The van der Waals surface area contributed by atoms with Crippen LogP contribution in [0.4, 0.5) is 13.2 Å². The van der Waals surface area contributed by atoms with Crippen molar-refractivity contribution in [1.29, 1.82) is 0 Å². The molecule has 0 radical (unpaired) electrons. The lowest BCUT2D eigenvalue weighted by Gasteiger charge is -2.28. The molecule has 3 N–H and O–H groups in total. The molecule has 0 aromatic heterocycles. The number of halogens is 3. The Bertz CT molecular complexity index is 287. The summed E-state index contributed by atoms with van der Waals surface area (Å²) >= 11 is 0. The van der Waals surface area contributed by atoms with Gasteiger partial charge < -0.3 is 20.2 Å². The van der Waals surface area contributed by atoms with Crippen LogP contribution < -0.4 is 0 Å². The van der Waals surface area contributed by atoms with Gasteiger partial charge in [-0.25, -0.2) is 0 Å². The van der Waals surface area contributed by atoms with E-state index in [0.717, 1.165) is 0 Å². The predicted molar refractivity (Wildman–Crippen MR) is 48.1 cm³/mol. The first-order chi connectivity index (χ1) is 7.21. The highest BCUT2D eigenvalue weighted by molar-refractivity contribution is 6.14. The van der Waals surface area contributed by atoms with Gasteiger partial charge in [-0.1, -0.05) is 0 Å². The van der Waals surface area contributed by atoms with Crippen LogP contribution in [0, 0.1) is 0 Å². The molecule has 0 saturated carbocycles. The average Bonchev–Trinajstić information content (AvgIpc) is 2.39. The summed E-state index contributed by atoms with van der Waals surface area (Å²) in [6.07, 6.45) is -8.17. The van der Waals surface area contributed by atoms with Gasteiger partial charge in [0.2, 0.25) is 0 Å². The van der Waals surface area contributed by atoms with Crippen LogP contribution in [0.1, 0.15) is 0 Å². The molecule has 1 amide bonds. The first-order valence-electron chi connectivity index (χ1n) is 4.58. The fraction of sp³-hybridized carbons (Fsp3) is 0.857. The van der Waals surface area contributed by atoms with Gasteiger partial charge in [-0.3, -0.25) is 4.79 Å². The van der Waals surface area contributed by atoms with Crippen molar-refractivity contribution >= 4 is 13.8 Å². The minimum absolute atomic E-state index is 0.273. The number of amides is 1. The van der Waals surface area contributed by atoms with Gasteiger partial charge in [-0.2, -0.15) is 13.2 Å². The fourth-order valence-electron chi connectivity index (χ4n) is 1.82. The van der Waals surface area contributed by atoms with Crippen molar-refractivity contribution in [2.24, 2.45) is 0 Å². The number of hydrogen-bond donors (Lipinski definition) is 3. The van der Waals surface area contributed by atoms with Crippen LogP contribution in [-0.2, 0) is 4.79 Å². The molecule has 1 aliphatic heterocycles. The molecule has 92 valence electrons. The number of alkyl halides is 3.